The van der Waals surface area contributed by atoms with Gasteiger partial charge in [0.2, 0.25) is 17.7 Å². The molecule has 1 unspecified atom stereocenters. The van der Waals surface area contributed by atoms with Crippen molar-refractivity contribution < 1.29 is 19.1 Å². The van der Waals surface area contributed by atoms with E-state index in [9.17, 15) is 14.4 Å². The Kier molecular flexibility index (Phi) is 8.00. The van der Waals surface area contributed by atoms with Crippen LogP contribution < -0.4 is 4.90 Å². The van der Waals surface area contributed by atoms with Crippen molar-refractivity contribution in [3.8, 4) is 0 Å². The minimum absolute atomic E-state index is 0.00890. The van der Waals surface area contributed by atoms with E-state index in [1.807, 2.05) is 68.4 Å². The highest BCUT2D eigenvalue weighted by Crippen LogP contribution is 2.23. The Balaban J connectivity index is 1.72. The number of methoxy groups -OCH3 is 1. The lowest BCUT2D eigenvalue weighted by atomic mass is 9.95. The highest BCUT2D eigenvalue weighted by Gasteiger charge is 2.34. The van der Waals surface area contributed by atoms with Crippen molar-refractivity contribution in [1.82, 2.24) is 9.80 Å². The maximum Gasteiger partial charge on any atom is 0.248 e. The van der Waals surface area contributed by atoms with Crippen LogP contribution in [0.15, 0.2) is 54.6 Å². The average Bonchev–Trinajstić information content (AvgIpc) is 3.19. The number of hydrogen-bond donors (Lipinski definition) is 0. The van der Waals surface area contributed by atoms with Gasteiger partial charge in [-0.15, -0.1) is 0 Å². The molecule has 1 aliphatic heterocycles. The maximum absolute atomic E-state index is 13.3. The van der Waals surface area contributed by atoms with E-state index < -0.39 is 0 Å². The van der Waals surface area contributed by atoms with Crippen LogP contribution in [0.1, 0.15) is 30.4 Å². The molecule has 1 atom stereocenters. The molecule has 3 rings (SSSR count). The first-order valence-electron chi connectivity index (χ1n) is 10.9. The van der Waals surface area contributed by atoms with Gasteiger partial charge in [0.1, 0.15) is 13.2 Å². The summed E-state index contributed by atoms with van der Waals surface area (Å²) in [5, 5.41) is 0. The van der Waals surface area contributed by atoms with Crippen molar-refractivity contribution in [2.75, 3.05) is 44.9 Å². The van der Waals surface area contributed by atoms with Gasteiger partial charge in [-0.1, -0.05) is 49.4 Å². The summed E-state index contributed by atoms with van der Waals surface area (Å²) in [5.41, 5.74) is 2.74. The minimum Gasteiger partial charge on any atom is -0.383 e. The second kappa shape index (κ2) is 10.9. The van der Waals surface area contributed by atoms with Gasteiger partial charge in [0.25, 0.3) is 0 Å². The number of hydrogen-bond acceptors (Lipinski definition) is 4. The summed E-state index contributed by atoms with van der Waals surface area (Å²) < 4.78 is 5.17. The molecule has 1 fully saturated rings. The molecule has 2 aromatic carbocycles. The Bertz CT molecular complexity index is 947. The number of nitrogens with zero attached hydrogens (tertiary/aromatic N) is 3. The normalized spacial score (nSPS) is 14.5. The van der Waals surface area contributed by atoms with Crippen molar-refractivity contribution in [1.29, 1.82) is 0 Å². The fraction of sp³-hybridized carbons (Fsp3) is 0.400. The Morgan fingerprint density at radius 3 is 2.53 bits per heavy atom. The molecule has 0 spiro atoms. The Hall–Kier alpha value is -3.19. The Morgan fingerprint density at radius 1 is 1.12 bits per heavy atom. The molecular formula is C25H31N3O4. The molecule has 3 amide bonds. The first kappa shape index (κ1) is 23.5. The van der Waals surface area contributed by atoms with Crippen molar-refractivity contribution in [3.05, 3.63) is 65.7 Å². The number of ether oxygens (including phenoxy) is 1. The molecule has 0 bridgehead atoms. The lowest BCUT2D eigenvalue weighted by Gasteiger charge is -2.28. The number of carbonyl (C=O) groups is 3. The van der Waals surface area contributed by atoms with E-state index in [1.54, 1.807) is 16.9 Å². The van der Waals surface area contributed by atoms with E-state index in [-0.39, 0.29) is 43.4 Å². The monoisotopic (exact) mass is 437 g/mol. The fourth-order valence-electron chi connectivity index (χ4n) is 3.93. The van der Waals surface area contributed by atoms with Crippen LogP contribution in [0.25, 0.3) is 0 Å². The smallest absolute Gasteiger partial charge is 0.248 e. The summed E-state index contributed by atoms with van der Waals surface area (Å²) >= 11 is 0. The first-order valence-corrected chi connectivity index (χ1v) is 10.9. The zero-order valence-electron chi connectivity index (χ0n) is 19.0. The molecule has 170 valence electrons. The van der Waals surface area contributed by atoms with E-state index in [1.165, 1.54) is 4.90 Å². The average molecular weight is 438 g/mol. The number of amides is 3. The summed E-state index contributed by atoms with van der Waals surface area (Å²) in [6.07, 6.45) is 0.629. The molecule has 2 aromatic rings. The van der Waals surface area contributed by atoms with Gasteiger partial charge in [-0.3, -0.25) is 19.3 Å². The van der Waals surface area contributed by atoms with E-state index in [0.717, 1.165) is 16.8 Å². The van der Waals surface area contributed by atoms with Gasteiger partial charge in [-0.2, -0.15) is 0 Å². The molecule has 1 heterocycles. The summed E-state index contributed by atoms with van der Waals surface area (Å²) in [4.78, 5) is 43.6. The molecular weight excluding hydrogens is 406 g/mol. The Morgan fingerprint density at radius 2 is 1.88 bits per heavy atom. The number of benzene rings is 2. The molecule has 7 heteroatoms. The van der Waals surface area contributed by atoms with Crippen LogP contribution in [0.5, 0.6) is 0 Å². The fourth-order valence-corrected chi connectivity index (χ4v) is 3.93. The van der Waals surface area contributed by atoms with Crippen LogP contribution >= 0.6 is 0 Å². The molecule has 0 aliphatic carbocycles. The molecule has 1 aliphatic rings. The SMILES string of the molecule is CCC(C(=O)N(CCOC)CC(=O)N1CC(=O)N(c2cccc(C)c2)C1)c1ccccc1. The number of rotatable bonds is 9. The van der Waals surface area contributed by atoms with Crippen molar-refractivity contribution in [2.24, 2.45) is 0 Å². The van der Waals surface area contributed by atoms with Crippen LogP contribution in [0.3, 0.4) is 0 Å². The van der Waals surface area contributed by atoms with Crippen molar-refractivity contribution in [3.63, 3.8) is 0 Å². The van der Waals surface area contributed by atoms with E-state index in [0.29, 0.717) is 19.6 Å². The van der Waals surface area contributed by atoms with Crippen molar-refractivity contribution >= 4 is 23.4 Å². The van der Waals surface area contributed by atoms with Crippen LogP contribution in [0.4, 0.5) is 5.69 Å². The molecule has 0 aromatic heterocycles. The van der Waals surface area contributed by atoms with Gasteiger partial charge in [0.15, 0.2) is 0 Å². The predicted molar refractivity (Wildman–Crippen MR) is 123 cm³/mol. The van der Waals surface area contributed by atoms with E-state index >= 15 is 0 Å². The molecule has 0 radical (unpaired) electrons. The number of aryl methyl sites for hydroxylation is 1. The van der Waals surface area contributed by atoms with Gasteiger partial charge < -0.3 is 14.5 Å². The summed E-state index contributed by atoms with van der Waals surface area (Å²) in [6.45, 7) is 4.68. The molecule has 1 saturated heterocycles. The third-order valence-corrected chi connectivity index (χ3v) is 5.72. The van der Waals surface area contributed by atoms with Crippen LogP contribution in [0, 0.1) is 6.92 Å². The summed E-state index contributed by atoms with van der Waals surface area (Å²) in [7, 11) is 1.57. The van der Waals surface area contributed by atoms with Crippen LogP contribution in [-0.4, -0.2) is 67.5 Å². The van der Waals surface area contributed by atoms with E-state index in [2.05, 4.69) is 0 Å². The van der Waals surface area contributed by atoms with Crippen LogP contribution in [-0.2, 0) is 19.1 Å². The molecule has 32 heavy (non-hydrogen) atoms. The number of anilines is 1. The van der Waals surface area contributed by atoms with Crippen molar-refractivity contribution in [2.45, 2.75) is 26.2 Å². The highest BCUT2D eigenvalue weighted by atomic mass is 16.5. The summed E-state index contributed by atoms with van der Waals surface area (Å²) in [5.74, 6) is -0.815. The lowest BCUT2D eigenvalue weighted by molar-refractivity contribution is -0.141. The third-order valence-electron chi connectivity index (χ3n) is 5.72. The quantitative estimate of drug-likeness (QED) is 0.605. The largest absolute Gasteiger partial charge is 0.383 e. The van der Waals surface area contributed by atoms with Gasteiger partial charge in [-0.05, 0) is 36.6 Å². The van der Waals surface area contributed by atoms with Crippen LogP contribution in [0.2, 0.25) is 0 Å². The highest BCUT2D eigenvalue weighted by molar-refractivity contribution is 6.00. The maximum atomic E-state index is 13.3. The Labute approximate surface area is 189 Å². The topological polar surface area (TPSA) is 70.2 Å². The van der Waals surface area contributed by atoms with Gasteiger partial charge >= 0.3 is 0 Å². The molecule has 0 saturated carbocycles. The minimum atomic E-state index is -0.329. The predicted octanol–water partition coefficient (Wildman–Crippen LogP) is 2.80. The van der Waals surface area contributed by atoms with Gasteiger partial charge in [0.05, 0.1) is 19.1 Å². The standard InChI is InChI=1S/C25H31N3O4/c1-4-22(20-10-6-5-7-11-20)25(31)26(13-14-32-3)16-23(29)27-17-24(30)28(18-27)21-12-8-9-19(2)15-21/h5-12,15,22H,4,13-14,16-18H2,1-3H3. The zero-order valence-corrected chi connectivity index (χ0v) is 19.0. The second-order valence-corrected chi connectivity index (χ2v) is 8.02. The summed E-state index contributed by atoms with van der Waals surface area (Å²) in [6, 6.07) is 17.2. The van der Waals surface area contributed by atoms with Gasteiger partial charge in [0, 0.05) is 19.3 Å². The lowest BCUT2D eigenvalue weighted by Crippen LogP contribution is -2.45. The number of carbonyl (C=O) groups excluding carboxylic acids is 3. The third kappa shape index (κ3) is 5.53. The molecule has 0 N–H and O–H groups in total. The second-order valence-electron chi connectivity index (χ2n) is 8.02. The zero-order chi connectivity index (χ0) is 23.1. The van der Waals surface area contributed by atoms with Gasteiger partial charge in [-0.25, -0.2) is 0 Å². The molecule has 7 nitrogen and oxygen atoms in total. The first-order chi connectivity index (χ1) is 15.4. The van der Waals surface area contributed by atoms with E-state index in [4.69, 9.17) is 4.74 Å².